The summed E-state index contributed by atoms with van der Waals surface area (Å²) in [6.45, 7) is 4.24. The Labute approximate surface area is 117 Å². The average Bonchev–Trinajstić information content (AvgIpc) is 3.02. The fourth-order valence-corrected chi connectivity index (χ4v) is 2.97. The second-order valence-corrected chi connectivity index (χ2v) is 5.50. The van der Waals surface area contributed by atoms with Crippen LogP contribution in [0.15, 0.2) is 23.0 Å². The summed E-state index contributed by atoms with van der Waals surface area (Å²) >= 11 is 0. The summed E-state index contributed by atoms with van der Waals surface area (Å²) in [6, 6.07) is 4.44. The van der Waals surface area contributed by atoms with Gasteiger partial charge in [-0.25, -0.2) is 9.18 Å². The van der Waals surface area contributed by atoms with E-state index >= 15 is 0 Å². The summed E-state index contributed by atoms with van der Waals surface area (Å²) in [5.74, 6) is -0.320. The monoisotopic (exact) mass is 277 g/mol. The summed E-state index contributed by atoms with van der Waals surface area (Å²) in [6.07, 6.45) is 4.70. The van der Waals surface area contributed by atoms with E-state index in [1.54, 1.807) is 10.6 Å². The number of imidazole rings is 1. The molecule has 1 aliphatic heterocycles. The molecule has 20 heavy (non-hydrogen) atoms. The van der Waals surface area contributed by atoms with Crippen LogP contribution < -0.4 is 5.69 Å². The van der Waals surface area contributed by atoms with Crippen LogP contribution >= 0.6 is 0 Å². The standard InChI is InChI=1S/C15H20FN3O/c16-12-5-6-14-13(11-12)17-15(20)19(14)10-4-3-9-18-7-1-2-8-18/h5-6,11H,1-4,7-10H2,(H,17,20). The maximum atomic E-state index is 13.1. The van der Waals surface area contributed by atoms with Crippen LogP contribution in [0.1, 0.15) is 25.7 Å². The summed E-state index contributed by atoms with van der Waals surface area (Å²) in [5.41, 5.74) is 1.22. The van der Waals surface area contributed by atoms with Gasteiger partial charge in [-0.3, -0.25) is 4.57 Å². The van der Waals surface area contributed by atoms with Crippen molar-refractivity contribution >= 4 is 11.0 Å². The maximum absolute atomic E-state index is 13.1. The summed E-state index contributed by atoms with van der Waals surface area (Å²) < 4.78 is 14.8. The van der Waals surface area contributed by atoms with Gasteiger partial charge in [0.2, 0.25) is 0 Å². The number of fused-ring (bicyclic) bond motifs is 1. The van der Waals surface area contributed by atoms with Gasteiger partial charge < -0.3 is 9.88 Å². The van der Waals surface area contributed by atoms with Gasteiger partial charge in [-0.2, -0.15) is 0 Å². The first-order valence-electron chi connectivity index (χ1n) is 7.34. The van der Waals surface area contributed by atoms with Gasteiger partial charge in [0.15, 0.2) is 0 Å². The molecule has 3 rings (SSSR count). The van der Waals surface area contributed by atoms with Crippen LogP contribution in [0.25, 0.3) is 11.0 Å². The maximum Gasteiger partial charge on any atom is 0.326 e. The number of hydrogen-bond acceptors (Lipinski definition) is 2. The highest BCUT2D eigenvalue weighted by Crippen LogP contribution is 2.13. The lowest BCUT2D eigenvalue weighted by atomic mass is 10.2. The molecule has 0 amide bonds. The fraction of sp³-hybridized carbons (Fsp3) is 0.533. The molecule has 0 aliphatic carbocycles. The molecule has 108 valence electrons. The zero-order chi connectivity index (χ0) is 13.9. The quantitative estimate of drug-likeness (QED) is 0.852. The van der Waals surface area contributed by atoms with Gasteiger partial charge >= 0.3 is 5.69 Å². The molecule has 0 saturated carbocycles. The summed E-state index contributed by atoms with van der Waals surface area (Å²) in [7, 11) is 0. The lowest BCUT2D eigenvalue weighted by Crippen LogP contribution is -2.21. The van der Waals surface area contributed by atoms with Gasteiger partial charge in [0.05, 0.1) is 11.0 Å². The number of aromatic amines is 1. The number of rotatable bonds is 5. The van der Waals surface area contributed by atoms with Crippen molar-refractivity contribution in [1.82, 2.24) is 14.5 Å². The molecule has 0 radical (unpaired) electrons. The molecule has 0 atom stereocenters. The van der Waals surface area contributed by atoms with Crippen LogP contribution in [0.3, 0.4) is 0 Å². The number of unbranched alkanes of at least 4 members (excludes halogenated alkanes) is 1. The Morgan fingerprint density at radius 1 is 1.15 bits per heavy atom. The molecular weight excluding hydrogens is 257 g/mol. The topological polar surface area (TPSA) is 41.0 Å². The van der Waals surface area contributed by atoms with Crippen molar-refractivity contribution < 1.29 is 4.39 Å². The molecule has 5 heteroatoms. The number of nitrogens with one attached hydrogen (secondary N) is 1. The highest BCUT2D eigenvalue weighted by atomic mass is 19.1. The van der Waals surface area contributed by atoms with Crippen LogP contribution in [-0.2, 0) is 6.54 Å². The molecule has 1 aromatic heterocycles. The molecule has 1 N–H and O–H groups in total. The summed E-state index contributed by atoms with van der Waals surface area (Å²) in [5, 5.41) is 0. The molecule has 2 aromatic rings. The second kappa shape index (κ2) is 5.79. The van der Waals surface area contributed by atoms with E-state index in [4.69, 9.17) is 0 Å². The van der Waals surface area contributed by atoms with Crippen LogP contribution in [0.5, 0.6) is 0 Å². The van der Waals surface area contributed by atoms with Crippen molar-refractivity contribution in [2.45, 2.75) is 32.2 Å². The first-order valence-corrected chi connectivity index (χ1v) is 7.34. The van der Waals surface area contributed by atoms with E-state index in [0.29, 0.717) is 12.1 Å². The summed E-state index contributed by atoms with van der Waals surface area (Å²) in [4.78, 5) is 17.1. The first-order chi connectivity index (χ1) is 9.74. The Bertz CT molecular complexity index is 640. The van der Waals surface area contributed by atoms with Gasteiger partial charge in [-0.05, 0) is 63.5 Å². The Hall–Kier alpha value is -1.62. The fourth-order valence-electron chi connectivity index (χ4n) is 2.97. The van der Waals surface area contributed by atoms with E-state index in [1.165, 1.54) is 38.1 Å². The minimum absolute atomic E-state index is 0.147. The van der Waals surface area contributed by atoms with Crippen LogP contribution in [0.4, 0.5) is 4.39 Å². The second-order valence-electron chi connectivity index (χ2n) is 5.50. The van der Waals surface area contributed by atoms with Crippen LogP contribution in [0, 0.1) is 5.82 Å². The normalized spacial score (nSPS) is 16.2. The first kappa shape index (κ1) is 13.4. The highest BCUT2D eigenvalue weighted by Gasteiger charge is 2.11. The molecule has 1 aliphatic rings. The largest absolute Gasteiger partial charge is 0.326 e. The van der Waals surface area contributed by atoms with Gasteiger partial charge in [-0.15, -0.1) is 0 Å². The molecule has 4 nitrogen and oxygen atoms in total. The van der Waals surface area contributed by atoms with Crippen molar-refractivity contribution in [3.63, 3.8) is 0 Å². The number of hydrogen-bond donors (Lipinski definition) is 1. The van der Waals surface area contributed by atoms with Gasteiger partial charge in [-0.1, -0.05) is 0 Å². The third kappa shape index (κ3) is 2.77. The lowest BCUT2D eigenvalue weighted by Gasteiger charge is -2.13. The lowest BCUT2D eigenvalue weighted by molar-refractivity contribution is 0.326. The number of nitrogens with zero attached hydrogens (tertiary/aromatic N) is 2. The number of aryl methyl sites for hydroxylation is 1. The number of likely N-dealkylation sites (tertiary alicyclic amines) is 1. The zero-order valence-electron chi connectivity index (χ0n) is 11.6. The molecule has 1 saturated heterocycles. The Kier molecular flexibility index (Phi) is 3.87. The highest BCUT2D eigenvalue weighted by molar-refractivity contribution is 5.75. The van der Waals surface area contributed by atoms with E-state index in [2.05, 4.69) is 9.88 Å². The van der Waals surface area contributed by atoms with Crippen molar-refractivity contribution in [3.05, 3.63) is 34.5 Å². The average molecular weight is 277 g/mol. The Morgan fingerprint density at radius 3 is 2.70 bits per heavy atom. The molecule has 1 fully saturated rings. The minimum Gasteiger partial charge on any atom is -0.305 e. The van der Waals surface area contributed by atoms with E-state index in [-0.39, 0.29) is 11.5 Å². The number of benzene rings is 1. The smallest absolute Gasteiger partial charge is 0.305 e. The Balaban J connectivity index is 1.62. The van der Waals surface area contributed by atoms with E-state index in [9.17, 15) is 9.18 Å². The zero-order valence-corrected chi connectivity index (χ0v) is 11.6. The molecular formula is C15H20FN3O. The van der Waals surface area contributed by atoms with Crippen LogP contribution in [0.2, 0.25) is 0 Å². The minimum atomic E-state index is -0.320. The number of halogens is 1. The van der Waals surface area contributed by atoms with Gasteiger partial charge in [0.25, 0.3) is 0 Å². The van der Waals surface area contributed by atoms with E-state index in [0.717, 1.165) is 24.9 Å². The third-order valence-corrected chi connectivity index (χ3v) is 4.04. The molecule has 2 heterocycles. The molecule has 0 unspecified atom stereocenters. The van der Waals surface area contributed by atoms with Crippen molar-refractivity contribution in [3.8, 4) is 0 Å². The SMILES string of the molecule is O=c1[nH]c2cc(F)ccc2n1CCCCN1CCCC1. The predicted molar refractivity (Wildman–Crippen MR) is 77.4 cm³/mol. The van der Waals surface area contributed by atoms with Gasteiger partial charge in [0, 0.05) is 6.54 Å². The molecule has 0 bridgehead atoms. The van der Waals surface area contributed by atoms with Crippen molar-refractivity contribution in [1.29, 1.82) is 0 Å². The van der Waals surface area contributed by atoms with E-state index in [1.807, 2.05) is 0 Å². The number of H-pyrrole nitrogens is 1. The van der Waals surface area contributed by atoms with E-state index < -0.39 is 0 Å². The van der Waals surface area contributed by atoms with Crippen molar-refractivity contribution in [2.24, 2.45) is 0 Å². The van der Waals surface area contributed by atoms with Crippen molar-refractivity contribution in [2.75, 3.05) is 19.6 Å². The molecule has 1 aromatic carbocycles. The van der Waals surface area contributed by atoms with Gasteiger partial charge in [0.1, 0.15) is 5.82 Å². The van der Waals surface area contributed by atoms with Crippen LogP contribution in [-0.4, -0.2) is 34.1 Å². The number of aromatic nitrogens is 2. The predicted octanol–water partition coefficient (Wildman–Crippen LogP) is 2.34. The third-order valence-electron chi connectivity index (χ3n) is 4.04. The molecule has 0 spiro atoms. The Morgan fingerprint density at radius 2 is 1.90 bits per heavy atom.